The predicted octanol–water partition coefficient (Wildman–Crippen LogP) is 5.12. The van der Waals surface area contributed by atoms with E-state index in [0.29, 0.717) is 64.3 Å². The lowest BCUT2D eigenvalue weighted by molar-refractivity contribution is -0.144. The number of nitrogens with zero attached hydrogens (tertiary/aromatic N) is 1. The van der Waals surface area contributed by atoms with Crippen LogP contribution < -0.4 is 26.3 Å². The Morgan fingerprint density at radius 2 is 1.39 bits per heavy atom. The minimum atomic E-state index is -2.90. The number of amides is 4. The number of Topliss-reactive ketones (excluding diaryl/α,β-unsaturated/α-hetero) is 1. The first-order valence-corrected chi connectivity index (χ1v) is 22.8. The maximum absolute atomic E-state index is 14.1. The van der Waals surface area contributed by atoms with Crippen LogP contribution in [-0.2, 0) is 34.8 Å². The van der Waals surface area contributed by atoms with E-state index in [1.165, 1.54) is 0 Å². The monoisotopic (exact) mass is 792 g/mol. The molecule has 0 unspecified atom stereocenters. The van der Waals surface area contributed by atoms with Crippen LogP contribution in [0.2, 0.25) is 5.04 Å². The van der Waals surface area contributed by atoms with Gasteiger partial charge >= 0.3 is 0 Å². The topological polar surface area (TPSA) is 134 Å². The van der Waals surface area contributed by atoms with Crippen LogP contribution in [0.15, 0.2) is 91.0 Å². The molecule has 3 aromatic rings. The summed E-state index contributed by atoms with van der Waals surface area (Å²) < 4.78 is 7.04. The Kier molecular flexibility index (Phi) is 13.5. The Morgan fingerprint density at radius 1 is 0.789 bits per heavy atom. The van der Waals surface area contributed by atoms with Crippen LogP contribution in [0.25, 0.3) is 0 Å². The van der Waals surface area contributed by atoms with Crippen molar-refractivity contribution in [2.75, 3.05) is 6.54 Å². The van der Waals surface area contributed by atoms with E-state index >= 15 is 0 Å². The van der Waals surface area contributed by atoms with Gasteiger partial charge in [-0.15, -0.1) is 0 Å². The molecule has 0 aromatic heterocycles. The Labute approximate surface area is 339 Å². The third-order valence-electron chi connectivity index (χ3n) is 12.3. The fourth-order valence-electron chi connectivity index (χ4n) is 9.15. The maximum atomic E-state index is 14.1. The van der Waals surface area contributed by atoms with E-state index in [0.717, 1.165) is 28.8 Å². The fraction of sp³-hybridized carbons (Fsp3) is 0.500. The van der Waals surface area contributed by atoms with Gasteiger partial charge in [-0.25, -0.2) is 0 Å². The van der Waals surface area contributed by atoms with E-state index in [1.807, 2.05) is 73.7 Å². The molecule has 1 spiro atoms. The molecular weight excluding hydrogens is 733 g/mol. The molecule has 0 bridgehead atoms. The van der Waals surface area contributed by atoms with E-state index in [1.54, 1.807) is 4.90 Å². The van der Waals surface area contributed by atoms with Crippen LogP contribution in [0.1, 0.15) is 104 Å². The first-order valence-electron chi connectivity index (χ1n) is 20.9. The van der Waals surface area contributed by atoms with Gasteiger partial charge in [-0.05, 0) is 66.4 Å². The Hall–Kier alpha value is -4.61. The Morgan fingerprint density at radius 3 is 1.98 bits per heavy atom. The highest BCUT2D eigenvalue weighted by molar-refractivity contribution is 6.99. The van der Waals surface area contributed by atoms with Crippen molar-refractivity contribution in [2.45, 2.75) is 140 Å². The molecule has 2 heterocycles. The van der Waals surface area contributed by atoms with Crippen LogP contribution >= 0.6 is 0 Å². The number of unbranched alkanes of at least 4 members (excludes halogenated alkanes) is 2. The largest absolute Gasteiger partial charge is 0.398 e. The summed E-state index contributed by atoms with van der Waals surface area (Å²) in [6.07, 6.45) is 5.78. The average Bonchev–Trinajstić information content (AvgIpc) is 3.90. The summed E-state index contributed by atoms with van der Waals surface area (Å²) in [5.74, 6) is -1.34. The first-order chi connectivity index (χ1) is 27.3. The molecule has 3 aromatic carbocycles. The second kappa shape index (κ2) is 18.3. The fourth-order valence-corrected chi connectivity index (χ4v) is 13.8. The zero-order chi connectivity index (χ0) is 40.6. The summed E-state index contributed by atoms with van der Waals surface area (Å²) >= 11 is 0. The van der Waals surface area contributed by atoms with Crippen molar-refractivity contribution in [2.24, 2.45) is 0 Å². The van der Waals surface area contributed by atoms with Gasteiger partial charge in [-0.2, -0.15) is 0 Å². The van der Waals surface area contributed by atoms with Gasteiger partial charge in [0.05, 0.1) is 0 Å². The van der Waals surface area contributed by atoms with Crippen LogP contribution in [0.4, 0.5) is 0 Å². The van der Waals surface area contributed by atoms with E-state index in [9.17, 15) is 24.0 Å². The summed E-state index contributed by atoms with van der Waals surface area (Å²) in [4.78, 5) is 71.5. The van der Waals surface area contributed by atoms with Gasteiger partial charge in [-0.3, -0.25) is 24.0 Å². The molecule has 3 fully saturated rings. The zero-order valence-corrected chi connectivity index (χ0v) is 35.1. The molecule has 57 heavy (non-hydrogen) atoms. The van der Waals surface area contributed by atoms with Gasteiger partial charge < -0.3 is 25.3 Å². The Balaban J connectivity index is 1.12. The van der Waals surface area contributed by atoms with Crippen molar-refractivity contribution in [3.63, 3.8) is 0 Å². The standard InChI is InChI=1S/C46H60N4O6Si/c1-33(56-57(45(2,3)4,35-22-11-6-12-23-35)36-24-13-7-14-25-36)40(51)28-16-8-15-26-37-41(52)49-46(29-17-18-30-46)44(55)48-38(32-34-20-9-5-10-21-34)43(54)50-31-19-27-39(50)42(53)47-37/h5-7,9-14,20-25,33,37-39H,8,15-19,26-32H2,1-4H3,(H,47,53)(H,48,55)(H,49,52)/t33-,37+,38+,39-/m1/s1. The molecule has 1 saturated carbocycles. The van der Waals surface area contributed by atoms with E-state index in [4.69, 9.17) is 4.43 Å². The van der Waals surface area contributed by atoms with Gasteiger partial charge in [0, 0.05) is 19.4 Å². The smallest absolute Gasteiger partial charge is 0.262 e. The van der Waals surface area contributed by atoms with Crippen molar-refractivity contribution in [3.8, 4) is 0 Å². The second-order valence-corrected chi connectivity index (χ2v) is 21.5. The number of fused-ring (bicyclic) bond motifs is 1. The molecule has 3 aliphatic rings. The quantitative estimate of drug-likeness (QED) is 0.163. The second-order valence-electron chi connectivity index (χ2n) is 17.2. The number of carbonyl (C=O) groups is 5. The van der Waals surface area contributed by atoms with Crippen molar-refractivity contribution in [3.05, 3.63) is 96.6 Å². The lowest BCUT2D eigenvalue weighted by Gasteiger charge is -2.44. The van der Waals surface area contributed by atoms with Crippen LogP contribution in [-0.4, -0.2) is 78.9 Å². The molecule has 10 nitrogen and oxygen atoms in total. The highest BCUT2D eigenvalue weighted by atomic mass is 28.4. The number of hydrogen-bond donors (Lipinski definition) is 3. The summed E-state index contributed by atoms with van der Waals surface area (Å²) in [6, 6.07) is 27.6. The number of ketones is 1. The van der Waals surface area contributed by atoms with Crippen molar-refractivity contribution >= 4 is 48.1 Å². The molecule has 3 N–H and O–H groups in total. The summed E-state index contributed by atoms with van der Waals surface area (Å²) in [6.45, 7) is 8.85. The first kappa shape index (κ1) is 42.0. The third-order valence-corrected chi connectivity index (χ3v) is 17.4. The number of rotatable bonds is 13. The number of hydrogen-bond acceptors (Lipinski definition) is 6. The minimum Gasteiger partial charge on any atom is -0.398 e. The molecule has 304 valence electrons. The van der Waals surface area contributed by atoms with Crippen LogP contribution in [0.3, 0.4) is 0 Å². The van der Waals surface area contributed by atoms with E-state index in [2.05, 4.69) is 61.0 Å². The number of benzene rings is 3. The van der Waals surface area contributed by atoms with Crippen molar-refractivity contribution in [1.29, 1.82) is 0 Å². The molecule has 11 heteroatoms. The minimum absolute atomic E-state index is 0.0331. The molecule has 6 rings (SSSR count). The lowest BCUT2D eigenvalue weighted by Crippen LogP contribution is -2.68. The van der Waals surface area contributed by atoms with E-state index < -0.39 is 38.1 Å². The molecule has 4 amide bonds. The maximum Gasteiger partial charge on any atom is 0.262 e. The molecule has 2 aliphatic heterocycles. The van der Waals surface area contributed by atoms with Gasteiger partial charge in [0.2, 0.25) is 23.6 Å². The molecule has 0 radical (unpaired) electrons. The van der Waals surface area contributed by atoms with Crippen LogP contribution in [0.5, 0.6) is 0 Å². The normalized spacial score (nSPS) is 22.2. The average molecular weight is 793 g/mol. The molecule has 1 aliphatic carbocycles. The highest BCUT2D eigenvalue weighted by Gasteiger charge is 2.52. The molecular formula is C46H60N4O6Si. The van der Waals surface area contributed by atoms with Gasteiger partial charge in [0.15, 0.2) is 5.78 Å². The third kappa shape index (κ3) is 9.41. The number of nitrogens with one attached hydrogen (secondary N) is 3. The van der Waals surface area contributed by atoms with Gasteiger partial charge in [0.25, 0.3) is 8.32 Å². The zero-order valence-electron chi connectivity index (χ0n) is 34.1. The SMILES string of the molecule is C[C@@H](O[Si](c1ccccc1)(c1ccccc1)C(C)(C)C)C(=O)CCCCC[C@@H]1NC(=O)[C@H]2CCCN2C(=O)[C@H](Cc2ccccc2)NC(=O)C2(CCCC2)NC1=O. The van der Waals surface area contributed by atoms with E-state index in [-0.39, 0.29) is 40.9 Å². The summed E-state index contributed by atoms with van der Waals surface area (Å²) in [5.41, 5.74) is -0.261. The van der Waals surface area contributed by atoms with Crippen molar-refractivity contribution in [1.82, 2.24) is 20.9 Å². The van der Waals surface area contributed by atoms with Gasteiger partial charge in [-0.1, -0.05) is 137 Å². The molecule has 4 atom stereocenters. The van der Waals surface area contributed by atoms with Crippen molar-refractivity contribution < 1.29 is 28.4 Å². The summed E-state index contributed by atoms with van der Waals surface area (Å²) in [7, 11) is -2.90. The highest BCUT2D eigenvalue weighted by Crippen LogP contribution is 2.38. The van der Waals surface area contributed by atoms with Gasteiger partial charge in [0.1, 0.15) is 29.8 Å². The lowest BCUT2D eigenvalue weighted by atomic mass is 9.93. The molecule has 2 saturated heterocycles. The van der Waals surface area contributed by atoms with Crippen LogP contribution in [0, 0.1) is 0 Å². The number of carbonyl (C=O) groups excluding carboxylic acids is 5. The summed E-state index contributed by atoms with van der Waals surface area (Å²) in [5, 5.41) is 11.1. The Bertz CT molecular complexity index is 1820. The predicted molar refractivity (Wildman–Crippen MR) is 224 cm³/mol.